The summed E-state index contributed by atoms with van der Waals surface area (Å²) in [5.74, 6) is -0.133. The van der Waals surface area contributed by atoms with Crippen LogP contribution in [0.2, 0.25) is 0 Å². The Morgan fingerprint density at radius 1 is 1.27 bits per heavy atom. The zero-order valence-electron chi connectivity index (χ0n) is 7.68. The van der Waals surface area contributed by atoms with Crippen LogP contribution in [-0.2, 0) is 0 Å². The Bertz CT molecular complexity index is 552. The largest absolute Gasteiger partial charge is 0.507 e. The van der Waals surface area contributed by atoms with Gasteiger partial charge in [0.1, 0.15) is 11.1 Å². The van der Waals surface area contributed by atoms with Crippen LogP contribution in [0.4, 0.5) is 11.4 Å². The molecule has 0 fully saturated rings. The van der Waals surface area contributed by atoms with E-state index in [1.165, 1.54) is 24.3 Å². The molecule has 0 aromatic heterocycles. The van der Waals surface area contributed by atoms with E-state index in [1.54, 1.807) is 6.07 Å². The van der Waals surface area contributed by atoms with Gasteiger partial charge in [0.25, 0.3) is 5.69 Å². The zero-order chi connectivity index (χ0) is 11.0. The quantitative estimate of drug-likeness (QED) is 0.322. The van der Waals surface area contributed by atoms with Crippen LogP contribution >= 0.6 is 0 Å². The Kier molecular flexibility index (Phi) is 1.93. The number of nitrogens with zero attached hydrogens (tertiary/aromatic N) is 1. The Morgan fingerprint density at radius 2 is 2.00 bits per heavy atom. The monoisotopic (exact) mass is 204 g/mol. The van der Waals surface area contributed by atoms with Crippen molar-refractivity contribution in [1.82, 2.24) is 0 Å². The summed E-state index contributed by atoms with van der Waals surface area (Å²) in [6, 6.07) is 7.38. The summed E-state index contributed by atoms with van der Waals surface area (Å²) in [7, 11) is 0. The summed E-state index contributed by atoms with van der Waals surface area (Å²) < 4.78 is 0. The Morgan fingerprint density at radius 3 is 2.67 bits per heavy atom. The smallest absolute Gasteiger partial charge is 0.281 e. The molecule has 0 aliphatic rings. The molecule has 0 aliphatic heterocycles. The molecular weight excluding hydrogens is 196 g/mol. The molecule has 0 unspecified atom stereocenters. The van der Waals surface area contributed by atoms with Crippen LogP contribution in [0.3, 0.4) is 0 Å². The van der Waals surface area contributed by atoms with Gasteiger partial charge >= 0.3 is 0 Å². The number of nitrogens with two attached hydrogens (primary N) is 1. The summed E-state index contributed by atoms with van der Waals surface area (Å²) in [5, 5.41) is 21.0. The van der Waals surface area contributed by atoms with Crippen LogP contribution in [0, 0.1) is 10.1 Å². The molecule has 0 amide bonds. The van der Waals surface area contributed by atoms with E-state index in [4.69, 9.17) is 5.73 Å². The van der Waals surface area contributed by atoms with Gasteiger partial charge in [-0.1, -0.05) is 12.1 Å². The van der Waals surface area contributed by atoms with Gasteiger partial charge in [-0.2, -0.15) is 0 Å². The molecular formula is C10H8N2O3. The molecule has 0 spiro atoms. The molecule has 0 radical (unpaired) electrons. The molecule has 2 aromatic carbocycles. The molecule has 0 saturated carbocycles. The van der Waals surface area contributed by atoms with Crippen molar-refractivity contribution in [3.63, 3.8) is 0 Å². The molecule has 15 heavy (non-hydrogen) atoms. The van der Waals surface area contributed by atoms with Gasteiger partial charge in [-0.15, -0.1) is 0 Å². The van der Waals surface area contributed by atoms with Crippen LogP contribution in [0.15, 0.2) is 30.3 Å². The topological polar surface area (TPSA) is 89.4 Å². The number of hydrogen-bond donors (Lipinski definition) is 2. The van der Waals surface area contributed by atoms with Gasteiger partial charge in [0.2, 0.25) is 0 Å². The fraction of sp³-hybridized carbons (Fsp3) is 0. The summed E-state index contributed by atoms with van der Waals surface area (Å²) in [4.78, 5) is 10.2. The lowest BCUT2D eigenvalue weighted by molar-refractivity contribution is -0.383. The average molecular weight is 204 g/mol. The van der Waals surface area contributed by atoms with Gasteiger partial charge in [-0.3, -0.25) is 10.1 Å². The second kappa shape index (κ2) is 3.13. The molecule has 0 atom stereocenters. The molecule has 2 rings (SSSR count). The van der Waals surface area contributed by atoms with Crippen LogP contribution in [-0.4, -0.2) is 10.0 Å². The van der Waals surface area contributed by atoms with E-state index in [2.05, 4.69) is 0 Å². The Hall–Kier alpha value is -2.30. The van der Waals surface area contributed by atoms with Crippen molar-refractivity contribution in [1.29, 1.82) is 0 Å². The van der Waals surface area contributed by atoms with Crippen molar-refractivity contribution < 1.29 is 10.0 Å². The molecule has 2 aromatic rings. The number of nitrogen functional groups attached to an aromatic ring is 1. The maximum Gasteiger partial charge on any atom is 0.281 e. The van der Waals surface area contributed by atoms with Gasteiger partial charge in [0, 0.05) is 17.1 Å². The van der Waals surface area contributed by atoms with Crippen LogP contribution in [0.5, 0.6) is 5.75 Å². The first-order valence-corrected chi connectivity index (χ1v) is 4.26. The molecule has 5 nitrogen and oxygen atoms in total. The van der Waals surface area contributed by atoms with E-state index in [1.807, 2.05) is 0 Å². The molecule has 0 saturated heterocycles. The number of anilines is 1. The minimum Gasteiger partial charge on any atom is -0.507 e. The normalized spacial score (nSPS) is 10.4. The molecule has 3 N–H and O–H groups in total. The second-order valence-corrected chi connectivity index (χ2v) is 3.13. The molecule has 0 aliphatic carbocycles. The first-order chi connectivity index (χ1) is 7.11. The van der Waals surface area contributed by atoms with Crippen molar-refractivity contribution in [2.24, 2.45) is 0 Å². The fourth-order valence-electron chi connectivity index (χ4n) is 1.54. The van der Waals surface area contributed by atoms with E-state index in [0.29, 0.717) is 11.1 Å². The lowest BCUT2D eigenvalue weighted by Crippen LogP contribution is -1.92. The number of benzene rings is 2. The van der Waals surface area contributed by atoms with Gasteiger partial charge in [0.05, 0.1) is 4.92 Å². The summed E-state index contributed by atoms with van der Waals surface area (Å²) in [6.45, 7) is 0. The second-order valence-electron chi connectivity index (χ2n) is 3.13. The first-order valence-electron chi connectivity index (χ1n) is 4.26. The SMILES string of the molecule is Nc1ccc(O)c2c([N+](=O)[O-])cccc12. The maximum absolute atomic E-state index is 10.7. The van der Waals surface area contributed by atoms with Crippen LogP contribution in [0.1, 0.15) is 0 Å². The first kappa shape index (κ1) is 9.26. The third-order valence-corrected chi connectivity index (χ3v) is 2.23. The summed E-state index contributed by atoms with van der Waals surface area (Å²) in [5.41, 5.74) is 5.93. The van der Waals surface area contributed by atoms with E-state index >= 15 is 0 Å². The lowest BCUT2D eigenvalue weighted by atomic mass is 10.1. The minimum atomic E-state index is -0.540. The third kappa shape index (κ3) is 1.34. The lowest BCUT2D eigenvalue weighted by Gasteiger charge is -2.04. The number of non-ortho nitro benzene ring substituents is 1. The number of hydrogen-bond acceptors (Lipinski definition) is 4. The van der Waals surface area contributed by atoms with Crippen molar-refractivity contribution in [2.45, 2.75) is 0 Å². The number of rotatable bonds is 1. The number of phenols is 1. The van der Waals surface area contributed by atoms with E-state index in [9.17, 15) is 15.2 Å². The summed E-state index contributed by atoms with van der Waals surface area (Å²) >= 11 is 0. The zero-order valence-corrected chi connectivity index (χ0v) is 7.68. The van der Waals surface area contributed by atoms with Crippen molar-refractivity contribution >= 4 is 22.1 Å². The molecule has 5 heteroatoms. The number of fused-ring (bicyclic) bond motifs is 1. The molecule has 0 bridgehead atoms. The number of phenolic OH excluding ortho intramolecular Hbond substituents is 1. The average Bonchev–Trinajstić information content (AvgIpc) is 2.23. The van der Waals surface area contributed by atoms with E-state index < -0.39 is 4.92 Å². The number of nitro groups is 1. The van der Waals surface area contributed by atoms with Crippen molar-refractivity contribution in [3.05, 3.63) is 40.4 Å². The predicted molar refractivity (Wildman–Crippen MR) is 56.7 cm³/mol. The molecule has 76 valence electrons. The number of aromatic hydroxyl groups is 1. The van der Waals surface area contributed by atoms with Crippen molar-refractivity contribution in [2.75, 3.05) is 5.73 Å². The minimum absolute atomic E-state index is 0.133. The van der Waals surface area contributed by atoms with E-state index in [0.717, 1.165) is 0 Å². The highest BCUT2D eigenvalue weighted by atomic mass is 16.6. The standard InChI is InChI=1S/C10H8N2O3/c11-7-4-5-9(13)10-6(7)2-1-3-8(10)12(14)15/h1-5,13H,11H2. The van der Waals surface area contributed by atoms with Gasteiger partial charge in [-0.25, -0.2) is 0 Å². The van der Waals surface area contributed by atoms with Gasteiger partial charge in [-0.05, 0) is 12.1 Å². The van der Waals surface area contributed by atoms with Gasteiger partial charge < -0.3 is 10.8 Å². The van der Waals surface area contributed by atoms with Crippen molar-refractivity contribution in [3.8, 4) is 5.75 Å². The predicted octanol–water partition coefficient (Wildman–Crippen LogP) is 2.04. The Labute approximate surface area is 84.9 Å². The molecule has 0 heterocycles. The maximum atomic E-state index is 10.7. The highest BCUT2D eigenvalue weighted by molar-refractivity contribution is 6.02. The Balaban J connectivity index is 2.96. The van der Waals surface area contributed by atoms with Crippen LogP contribution < -0.4 is 5.73 Å². The van der Waals surface area contributed by atoms with E-state index in [-0.39, 0.29) is 16.8 Å². The van der Waals surface area contributed by atoms with Crippen LogP contribution in [0.25, 0.3) is 10.8 Å². The third-order valence-electron chi connectivity index (χ3n) is 2.23. The fourth-order valence-corrected chi connectivity index (χ4v) is 1.54. The summed E-state index contributed by atoms with van der Waals surface area (Å²) in [6.07, 6.45) is 0. The van der Waals surface area contributed by atoms with Gasteiger partial charge in [0.15, 0.2) is 0 Å². The highest BCUT2D eigenvalue weighted by Gasteiger charge is 2.15. The number of nitro benzene ring substituents is 1. The highest BCUT2D eigenvalue weighted by Crippen LogP contribution is 2.35.